The third kappa shape index (κ3) is 3.86. The van der Waals surface area contributed by atoms with E-state index in [0.29, 0.717) is 0 Å². The SMILES string of the molecule is Cc1nn(-c2ccccc2)c(C)c1/C=N\NS(=O)(=O)c1ccc(Br)cc1. The van der Waals surface area contributed by atoms with Crippen molar-refractivity contribution in [2.45, 2.75) is 18.7 Å². The Balaban J connectivity index is 1.83. The molecule has 0 fully saturated rings. The van der Waals surface area contributed by atoms with Gasteiger partial charge in [0, 0.05) is 10.0 Å². The molecule has 3 rings (SSSR count). The molecule has 26 heavy (non-hydrogen) atoms. The van der Waals surface area contributed by atoms with Crippen LogP contribution in [0.15, 0.2) is 69.1 Å². The monoisotopic (exact) mass is 432 g/mol. The number of hydrogen-bond acceptors (Lipinski definition) is 4. The van der Waals surface area contributed by atoms with Crippen molar-refractivity contribution < 1.29 is 8.42 Å². The van der Waals surface area contributed by atoms with Gasteiger partial charge in [0.2, 0.25) is 0 Å². The van der Waals surface area contributed by atoms with Gasteiger partial charge in [0.05, 0.1) is 28.2 Å². The third-order valence-corrected chi connectivity index (χ3v) is 5.61. The van der Waals surface area contributed by atoms with Gasteiger partial charge in [-0.05, 0) is 50.2 Å². The lowest BCUT2D eigenvalue weighted by Gasteiger charge is -2.04. The van der Waals surface area contributed by atoms with E-state index in [2.05, 4.69) is 31.0 Å². The number of nitrogens with zero attached hydrogens (tertiary/aromatic N) is 3. The molecule has 6 nitrogen and oxygen atoms in total. The predicted octanol–water partition coefficient (Wildman–Crippen LogP) is 3.56. The minimum atomic E-state index is -3.71. The maximum Gasteiger partial charge on any atom is 0.276 e. The summed E-state index contributed by atoms with van der Waals surface area (Å²) in [4.78, 5) is 2.38. The smallest absolute Gasteiger partial charge is 0.237 e. The number of rotatable bonds is 5. The lowest BCUT2D eigenvalue weighted by Crippen LogP contribution is -2.18. The number of nitrogens with one attached hydrogen (secondary N) is 1. The Morgan fingerprint density at radius 3 is 2.38 bits per heavy atom. The summed E-state index contributed by atoms with van der Waals surface area (Å²) >= 11 is 3.28. The highest BCUT2D eigenvalue weighted by atomic mass is 79.9. The third-order valence-electron chi connectivity index (χ3n) is 3.84. The molecule has 0 saturated heterocycles. The molecule has 2 aromatic carbocycles. The minimum absolute atomic E-state index is 0.145. The first-order valence-electron chi connectivity index (χ1n) is 7.80. The molecule has 0 amide bonds. The highest BCUT2D eigenvalue weighted by molar-refractivity contribution is 9.10. The van der Waals surface area contributed by atoms with Gasteiger partial charge in [-0.1, -0.05) is 34.1 Å². The summed E-state index contributed by atoms with van der Waals surface area (Å²) in [7, 11) is -3.71. The van der Waals surface area contributed by atoms with E-state index in [-0.39, 0.29) is 4.90 Å². The summed E-state index contributed by atoms with van der Waals surface area (Å²) in [5.41, 5.74) is 3.34. The molecular formula is C18H17BrN4O2S. The zero-order valence-corrected chi connectivity index (χ0v) is 16.6. The van der Waals surface area contributed by atoms with Gasteiger partial charge in [0.1, 0.15) is 0 Å². The van der Waals surface area contributed by atoms with E-state index in [4.69, 9.17) is 0 Å². The minimum Gasteiger partial charge on any atom is -0.237 e. The Bertz CT molecular complexity index is 1040. The summed E-state index contributed by atoms with van der Waals surface area (Å²) in [6.45, 7) is 3.77. The first-order valence-corrected chi connectivity index (χ1v) is 10.1. The van der Waals surface area contributed by atoms with Crippen LogP contribution in [0.3, 0.4) is 0 Å². The number of hydrogen-bond donors (Lipinski definition) is 1. The second kappa shape index (κ2) is 7.43. The fraction of sp³-hybridized carbons (Fsp3) is 0.111. The lowest BCUT2D eigenvalue weighted by atomic mass is 10.2. The maximum absolute atomic E-state index is 12.3. The largest absolute Gasteiger partial charge is 0.276 e. The standard InChI is InChI=1S/C18H17BrN4O2S/c1-13-18(14(2)23(21-13)16-6-4-3-5-7-16)12-20-22-26(24,25)17-10-8-15(19)9-11-17/h3-12,22H,1-2H3/b20-12-. The molecule has 0 spiro atoms. The molecule has 1 aromatic heterocycles. The Labute approximate surface area is 160 Å². The van der Waals surface area contributed by atoms with E-state index in [9.17, 15) is 8.42 Å². The van der Waals surface area contributed by atoms with Gasteiger partial charge in [0.25, 0.3) is 10.0 Å². The van der Waals surface area contributed by atoms with Crippen molar-refractivity contribution in [1.82, 2.24) is 14.6 Å². The van der Waals surface area contributed by atoms with Crippen molar-refractivity contribution in [2.75, 3.05) is 0 Å². The Kier molecular flexibility index (Phi) is 5.24. The Morgan fingerprint density at radius 2 is 1.73 bits per heavy atom. The summed E-state index contributed by atoms with van der Waals surface area (Å²) in [6, 6.07) is 16.1. The van der Waals surface area contributed by atoms with Crippen LogP contribution in [0.25, 0.3) is 5.69 Å². The summed E-state index contributed by atoms with van der Waals surface area (Å²) in [5.74, 6) is 0. The van der Waals surface area contributed by atoms with Gasteiger partial charge in [0.15, 0.2) is 0 Å². The first-order chi connectivity index (χ1) is 12.4. The van der Waals surface area contributed by atoms with Crippen LogP contribution in [0.4, 0.5) is 0 Å². The first kappa shape index (κ1) is 18.3. The summed E-state index contributed by atoms with van der Waals surface area (Å²) < 4.78 is 27.1. The molecule has 0 radical (unpaired) electrons. The van der Waals surface area contributed by atoms with Crippen molar-refractivity contribution in [1.29, 1.82) is 0 Å². The average Bonchev–Trinajstić information content (AvgIpc) is 2.91. The zero-order valence-electron chi connectivity index (χ0n) is 14.2. The van der Waals surface area contributed by atoms with Crippen LogP contribution in [0.1, 0.15) is 17.0 Å². The van der Waals surface area contributed by atoms with Crippen LogP contribution in [0.5, 0.6) is 0 Å². The molecule has 0 atom stereocenters. The van der Waals surface area contributed by atoms with Gasteiger partial charge >= 0.3 is 0 Å². The molecule has 0 unspecified atom stereocenters. The van der Waals surface area contributed by atoms with E-state index in [1.54, 1.807) is 16.8 Å². The van der Waals surface area contributed by atoms with Crippen LogP contribution >= 0.6 is 15.9 Å². The van der Waals surface area contributed by atoms with E-state index in [1.165, 1.54) is 18.3 Å². The predicted molar refractivity (Wildman–Crippen MR) is 105 cm³/mol. The second-order valence-electron chi connectivity index (χ2n) is 5.64. The van der Waals surface area contributed by atoms with Crippen molar-refractivity contribution in [3.05, 3.63) is 76.0 Å². The van der Waals surface area contributed by atoms with Crippen molar-refractivity contribution >= 4 is 32.2 Å². The molecule has 1 heterocycles. The van der Waals surface area contributed by atoms with E-state index >= 15 is 0 Å². The van der Waals surface area contributed by atoms with Crippen LogP contribution < -0.4 is 4.83 Å². The van der Waals surface area contributed by atoms with Gasteiger partial charge in [-0.2, -0.15) is 18.6 Å². The molecule has 3 aromatic rings. The van der Waals surface area contributed by atoms with Crippen LogP contribution in [-0.2, 0) is 10.0 Å². The molecule has 0 aliphatic heterocycles. The Morgan fingerprint density at radius 1 is 1.08 bits per heavy atom. The normalized spacial score (nSPS) is 11.8. The molecule has 0 saturated carbocycles. The van der Waals surface area contributed by atoms with E-state index in [0.717, 1.165) is 27.1 Å². The maximum atomic E-state index is 12.3. The van der Waals surface area contributed by atoms with Crippen molar-refractivity contribution in [2.24, 2.45) is 5.10 Å². The number of hydrazone groups is 1. The van der Waals surface area contributed by atoms with Crippen molar-refractivity contribution in [3.8, 4) is 5.69 Å². The van der Waals surface area contributed by atoms with Crippen molar-refractivity contribution in [3.63, 3.8) is 0 Å². The number of aryl methyl sites for hydroxylation is 1. The number of halogens is 1. The molecule has 0 aliphatic carbocycles. The molecule has 0 aliphatic rings. The molecular weight excluding hydrogens is 416 g/mol. The molecule has 134 valence electrons. The van der Waals surface area contributed by atoms with Gasteiger partial charge in [-0.15, -0.1) is 0 Å². The second-order valence-corrected chi connectivity index (χ2v) is 8.22. The Hall–Kier alpha value is -2.45. The molecule has 8 heteroatoms. The molecule has 1 N–H and O–H groups in total. The number of sulfonamides is 1. The van der Waals surface area contributed by atoms with E-state index < -0.39 is 10.0 Å². The average molecular weight is 433 g/mol. The van der Waals surface area contributed by atoms with Gasteiger partial charge in [-0.3, -0.25) is 0 Å². The quantitative estimate of drug-likeness (QED) is 0.494. The lowest BCUT2D eigenvalue weighted by molar-refractivity contribution is 0.584. The highest BCUT2D eigenvalue weighted by Crippen LogP contribution is 2.17. The topological polar surface area (TPSA) is 76.3 Å². The fourth-order valence-corrected chi connectivity index (χ4v) is 3.54. The number of benzene rings is 2. The zero-order chi connectivity index (χ0) is 18.7. The number of aromatic nitrogens is 2. The highest BCUT2D eigenvalue weighted by Gasteiger charge is 2.14. The van der Waals surface area contributed by atoms with Gasteiger partial charge in [-0.25, -0.2) is 9.51 Å². The van der Waals surface area contributed by atoms with Crippen LogP contribution in [0, 0.1) is 13.8 Å². The van der Waals surface area contributed by atoms with Crippen LogP contribution in [-0.4, -0.2) is 24.4 Å². The molecule has 0 bridgehead atoms. The summed E-state index contributed by atoms with van der Waals surface area (Å²) in [5, 5.41) is 8.42. The van der Waals surface area contributed by atoms with Crippen LogP contribution in [0.2, 0.25) is 0 Å². The van der Waals surface area contributed by atoms with E-state index in [1.807, 2.05) is 44.2 Å². The van der Waals surface area contributed by atoms with Gasteiger partial charge < -0.3 is 0 Å². The summed E-state index contributed by atoms with van der Waals surface area (Å²) in [6.07, 6.45) is 1.48. The number of para-hydroxylation sites is 1. The fourth-order valence-electron chi connectivity index (χ4n) is 2.49.